The molecule has 0 aliphatic heterocycles. The Bertz CT molecular complexity index is 932. The Morgan fingerprint density at radius 1 is 1.29 bits per heavy atom. The Morgan fingerprint density at radius 3 is 2.92 bits per heavy atom. The van der Waals surface area contributed by atoms with Gasteiger partial charge in [0.25, 0.3) is 0 Å². The van der Waals surface area contributed by atoms with Crippen molar-refractivity contribution in [2.75, 3.05) is 6.61 Å². The van der Waals surface area contributed by atoms with E-state index in [1.54, 1.807) is 12.1 Å². The first-order valence-corrected chi connectivity index (χ1v) is 7.79. The van der Waals surface area contributed by atoms with Crippen LogP contribution in [0.3, 0.4) is 0 Å². The third-order valence-corrected chi connectivity index (χ3v) is 3.49. The lowest BCUT2D eigenvalue weighted by atomic mass is 10.2. The van der Waals surface area contributed by atoms with Crippen LogP contribution in [0.4, 0.5) is 4.39 Å². The van der Waals surface area contributed by atoms with Crippen molar-refractivity contribution in [1.82, 2.24) is 14.9 Å². The van der Waals surface area contributed by atoms with Gasteiger partial charge in [0.1, 0.15) is 11.6 Å². The zero-order valence-corrected chi connectivity index (χ0v) is 13.8. The molecule has 1 N–H and O–H groups in total. The SMILES string of the molecule is CCOc1cccc(-c2n[nH]c(=S)n2/N=C\c2cccc(F)c2)c1. The van der Waals surface area contributed by atoms with Crippen LogP contribution in [0.5, 0.6) is 5.75 Å². The lowest BCUT2D eigenvalue weighted by Gasteiger charge is -2.05. The molecule has 0 aliphatic carbocycles. The van der Waals surface area contributed by atoms with Gasteiger partial charge < -0.3 is 4.74 Å². The number of aromatic nitrogens is 3. The maximum atomic E-state index is 13.3. The minimum atomic E-state index is -0.320. The summed E-state index contributed by atoms with van der Waals surface area (Å²) in [7, 11) is 0. The molecule has 5 nitrogen and oxygen atoms in total. The van der Waals surface area contributed by atoms with Crippen molar-refractivity contribution in [2.24, 2.45) is 5.10 Å². The normalized spacial score (nSPS) is 11.1. The average molecular weight is 342 g/mol. The van der Waals surface area contributed by atoms with E-state index < -0.39 is 0 Å². The van der Waals surface area contributed by atoms with E-state index >= 15 is 0 Å². The van der Waals surface area contributed by atoms with E-state index in [2.05, 4.69) is 15.3 Å². The van der Waals surface area contributed by atoms with Crippen molar-refractivity contribution in [3.8, 4) is 17.1 Å². The highest BCUT2D eigenvalue weighted by Gasteiger charge is 2.09. The molecule has 0 spiro atoms. The summed E-state index contributed by atoms with van der Waals surface area (Å²) in [6, 6.07) is 13.6. The van der Waals surface area contributed by atoms with Gasteiger partial charge in [-0.2, -0.15) is 14.9 Å². The van der Waals surface area contributed by atoms with Crippen molar-refractivity contribution < 1.29 is 9.13 Å². The fourth-order valence-corrected chi connectivity index (χ4v) is 2.37. The van der Waals surface area contributed by atoms with E-state index in [-0.39, 0.29) is 5.82 Å². The monoisotopic (exact) mass is 342 g/mol. The Balaban J connectivity index is 1.97. The summed E-state index contributed by atoms with van der Waals surface area (Å²) in [5.41, 5.74) is 1.44. The number of ether oxygens (including phenoxy) is 1. The highest BCUT2D eigenvalue weighted by Crippen LogP contribution is 2.22. The van der Waals surface area contributed by atoms with Gasteiger partial charge in [-0.1, -0.05) is 24.3 Å². The van der Waals surface area contributed by atoms with Crippen LogP contribution in [-0.2, 0) is 0 Å². The second-order valence-corrected chi connectivity index (χ2v) is 5.31. The highest BCUT2D eigenvalue weighted by atomic mass is 32.1. The molecule has 24 heavy (non-hydrogen) atoms. The molecule has 0 fully saturated rings. The first kappa shape index (κ1) is 16.1. The van der Waals surface area contributed by atoms with E-state index in [9.17, 15) is 4.39 Å². The summed E-state index contributed by atoms with van der Waals surface area (Å²) < 4.78 is 20.6. The van der Waals surface area contributed by atoms with Gasteiger partial charge in [-0.3, -0.25) is 0 Å². The molecule has 0 saturated carbocycles. The molecule has 0 saturated heterocycles. The number of aromatic amines is 1. The van der Waals surface area contributed by atoms with Crippen molar-refractivity contribution in [2.45, 2.75) is 6.92 Å². The Labute approximate surface area is 143 Å². The third-order valence-electron chi connectivity index (χ3n) is 3.22. The van der Waals surface area contributed by atoms with Crippen molar-refractivity contribution in [1.29, 1.82) is 0 Å². The average Bonchev–Trinajstić information content (AvgIpc) is 2.94. The molecular weight excluding hydrogens is 327 g/mol. The van der Waals surface area contributed by atoms with Crippen LogP contribution in [0, 0.1) is 10.6 Å². The quantitative estimate of drug-likeness (QED) is 0.563. The Hall–Kier alpha value is -2.80. The number of H-pyrrole nitrogens is 1. The van der Waals surface area contributed by atoms with Gasteiger partial charge in [0.2, 0.25) is 4.77 Å². The molecule has 0 bridgehead atoms. The summed E-state index contributed by atoms with van der Waals surface area (Å²) in [5.74, 6) is 0.971. The largest absolute Gasteiger partial charge is 0.494 e. The predicted molar refractivity (Wildman–Crippen MR) is 93.4 cm³/mol. The smallest absolute Gasteiger partial charge is 0.216 e. The molecule has 0 aliphatic rings. The molecule has 1 heterocycles. The minimum Gasteiger partial charge on any atom is -0.494 e. The number of rotatable bonds is 5. The van der Waals surface area contributed by atoms with Gasteiger partial charge >= 0.3 is 0 Å². The second kappa shape index (κ2) is 7.18. The fourth-order valence-electron chi connectivity index (χ4n) is 2.19. The van der Waals surface area contributed by atoms with Crippen LogP contribution in [0.25, 0.3) is 11.4 Å². The molecule has 3 rings (SSSR count). The third kappa shape index (κ3) is 3.57. The van der Waals surface area contributed by atoms with E-state index in [4.69, 9.17) is 17.0 Å². The number of benzene rings is 2. The van der Waals surface area contributed by atoms with Gasteiger partial charge in [0.05, 0.1) is 12.8 Å². The van der Waals surface area contributed by atoms with E-state index in [0.29, 0.717) is 22.8 Å². The molecule has 3 aromatic rings. The van der Waals surface area contributed by atoms with E-state index in [1.807, 2.05) is 31.2 Å². The van der Waals surface area contributed by atoms with Gasteiger partial charge in [-0.25, -0.2) is 9.49 Å². The minimum absolute atomic E-state index is 0.320. The summed E-state index contributed by atoms with van der Waals surface area (Å²) >= 11 is 5.22. The summed E-state index contributed by atoms with van der Waals surface area (Å²) in [6.07, 6.45) is 1.53. The van der Waals surface area contributed by atoms with Gasteiger partial charge in [-0.15, -0.1) is 0 Å². The predicted octanol–water partition coefficient (Wildman–Crippen LogP) is 4.03. The zero-order chi connectivity index (χ0) is 16.9. The molecule has 0 atom stereocenters. The fraction of sp³-hybridized carbons (Fsp3) is 0.118. The molecule has 122 valence electrons. The lowest BCUT2D eigenvalue weighted by molar-refractivity contribution is 0.340. The molecular formula is C17H15FN4OS. The van der Waals surface area contributed by atoms with Crippen LogP contribution in [0.1, 0.15) is 12.5 Å². The first-order valence-electron chi connectivity index (χ1n) is 7.38. The summed E-state index contributed by atoms with van der Waals surface area (Å²) in [5, 5.41) is 11.3. The molecule has 2 aromatic carbocycles. The lowest BCUT2D eigenvalue weighted by Crippen LogP contribution is -1.96. The highest BCUT2D eigenvalue weighted by molar-refractivity contribution is 7.71. The van der Waals surface area contributed by atoms with Crippen LogP contribution in [0.2, 0.25) is 0 Å². The van der Waals surface area contributed by atoms with E-state index in [1.165, 1.54) is 23.0 Å². The van der Waals surface area contributed by atoms with Crippen molar-refractivity contribution in [3.63, 3.8) is 0 Å². The number of nitrogens with one attached hydrogen (secondary N) is 1. The van der Waals surface area contributed by atoms with E-state index in [0.717, 1.165) is 11.3 Å². The van der Waals surface area contributed by atoms with Crippen molar-refractivity contribution in [3.05, 3.63) is 64.7 Å². The van der Waals surface area contributed by atoms with Crippen LogP contribution < -0.4 is 4.74 Å². The molecule has 0 radical (unpaired) electrons. The summed E-state index contributed by atoms with van der Waals surface area (Å²) in [4.78, 5) is 0. The van der Waals surface area contributed by atoms with Crippen LogP contribution in [0.15, 0.2) is 53.6 Å². The maximum Gasteiger partial charge on any atom is 0.216 e. The number of nitrogens with zero attached hydrogens (tertiary/aromatic N) is 3. The molecule has 0 amide bonds. The van der Waals surface area contributed by atoms with Crippen LogP contribution in [-0.4, -0.2) is 27.7 Å². The first-order chi connectivity index (χ1) is 11.7. The zero-order valence-electron chi connectivity index (χ0n) is 12.9. The molecule has 0 unspecified atom stereocenters. The Morgan fingerprint density at radius 2 is 2.12 bits per heavy atom. The summed E-state index contributed by atoms with van der Waals surface area (Å²) in [6.45, 7) is 2.50. The molecule has 1 aromatic heterocycles. The van der Waals surface area contributed by atoms with Gasteiger partial charge in [-0.05, 0) is 49.0 Å². The van der Waals surface area contributed by atoms with Crippen molar-refractivity contribution >= 4 is 18.4 Å². The second-order valence-electron chi connectivity index (χ2n) is 4.92. The number of hydrogen-bond acceptors (Lipinski definition) is 4. The van der Waals surface area contributed by atoms with Gasteiger partial charge in [0, 0.05) is 5.56 Å². The topological polar surface area (TPSA) is 55.2 Å². The standard InChI is InChI=1S/C17H15FN4OS/c1-2-23-15-8-4-6-13(10-15)16-20-21-17(24)22(16)19-11-12-5-3-7-14(18)9-12/h3-11H,2H2,1H3,(H,21,24)/b19-11-. The number of hydrogen-bond donors (Lipinski definition) is 1. The maximum absolute atomic E-state index is 13.3. The number of halogens is 1. The molecule has 7 heteroatoms. The Kier molecular flexibility index (Phi) is 4.81. The van der Waals surface area contributed by atoms with Gasteiger partial charge in [0.15, 0.2) is 5.82 Å². The van der Waals surface area contributed by atoms with Crippen LogP contribution >= 0.6 is 12.2 Å².